The third kappa shape index (κ3) is 3.74. The Balaban J connectivity index is 1.33. The van der Waals surface area contributed by atoms with Gasteiger partial charge in [-0.1, -0.05) is 47.6 Å². The number of fused-ring (bicyclic) bond motifs is 1. The molecule has 0 aliphatic rings. The number of esters is 1. The van der Waals surface area contributed by atoms with Crippen LogP contribution in [-0.2, 0) is 22.7 Å². The van der Waals surface area contributed by atoms with Crippen LogP contribution in [-0.4, -0.2) is 20.7 Å². The van der Waals surface area contributed by atoms with Gasteiger partial charge in [0.05, 0.1) is 6.42 Å². The van der Waals surface area contributed by atoms with Crippen LogP contribution < -0.4 is 0 Å². The zero-order valence-corrected chi connectivity index (χ0v) is 15.0. The Morgan fingerprint density at radius 2 is 1.93 bits per heavy atom. The van der Waals surface area contributed by atoms with Crippen molar-refractivity contribution in [2.45, 2.75) is 26.5 Å². The molecule has 2 aromatic heterocycles. The first-order valence-electron chi connectivity index (χ1n) is 8.79. The minimum atomic E-state index is -0.302. The quantitative estimate of drug-likeness (QED) is 0.483. The normalized spacial score (nSPS) is 11.0. The van der Waals surface area contributed by atoms with Gasteiger partial charge in [0.15, 0.2) is 6.61 Å². The van der Waals surface area contributed by atoms with Gasteiger partial charge in [-0.3, -0.25) is 4.79 Å². The number of hydrogen-bond acceptors (Lipinski definition) is 5. The topological polar surface area (TPSA) is 70.2 Å². The fourth-order valence-electron chi connectivity index (χ4n) is 3.01. The number of aromatic nitrogens is 3. The minimum Gasteiger partial charge on any atom is -0.456 e. The Kier molecular flexibility index (Phi) is 4.70. The molecule has 4 rings (SSSR count). The van der Waals surface area contributed by atoms with E-state index < -0.39 is 0 Å². The number of aryl methyl sites for hydroxylation is 2. The van der Waals surface area contributed by atoms with Crippen molar-refractivity contribution in [3.05, 3.63) is 72.2 Å². The first kappa shape index (κ1) is 17.0. The summed E-state index contributed by atoms with van der Waals surface area (Å²) in [6.07, 6.45) is 2.25. The molecule has 0 bridgehead atoms. The minimum absolute atomic E-state index is 0.0237. The molecular formula is C21H19N3O3. The third-order valence-corrected chi connectivity index (χ3v) is 4.45. The highest BCUT2D eigenvalue weighted by atomic mass is 16.6. The van der Waals surface area contributed by atoms with Gasteiger partial charge < -0.3 is 13.8 Å². The van der Waals surface area contributed by atoms with Gasteiger partial charge in [-0.25, -0.2) is 0 Å². The Hall–Kier alpha value is -3.41. The summed E-state index contributed by atoms with van der Waals surface area (Å²) in [4.78, 5) is 16.4. The van der Waals surface area contributed by atoms with Gasteiger partial charge in [0.25, 0.3) is 5.89 Å². The molecule has 6 heteroatoms. The molecule has 6 nitrogen and oxygen atoms in total. The summed E-state index contributed by atoms with van der Waals surface area (Å²) in [5.74, 6) is 0.481. The van der Waals surface area contributed by atoms with Crippen molar-refractivity contribution >= 4 is 16.9 Å². The Bertz CT molecular complexity index is 1080. The molecule has 0 N–H and O–H groups in total. The van der Waals surface area contributed by atoms with Crippen molar-refractivity contribution in [2.24, 2.45) is 0 Å². The highest BCUT2D eigenvalue weighted by Gasteiger charge is 2.12. The van der Waals surface area contributed by atoms with Gasteiger partial charge in [0, 0.05) is 23.8 Å². The molecule has 0 spiro atoms. The number of benzene rings is 2. The summed E-state index contributed by atoms with van der Waals surface area (Å²) in [6.45, 7) is 2.52. The number of carbonyl (C=O) groups excluding carboxylic acids is 1. The monoisotopic (exact) mass is 361 g/mol. The number of rotatable bonds is 6. The lowest BCUT2D eigenvalue weighted by Gasteiger charge is -2.05. The van der Waals surface area contributed by atoms with E-state index in [0.29, 0.717) is 12.4 Å². The van der Waals surface area contributed by atoms with E-state index in [1.165, 1.54) is 0 Å². The molecule has 2 aromatic carbocycles. The third-order valence-electron chi connectivity index (χ3n) is 4.45. The summed E-state index contributed by atoms with van der Waals surface area (Å²) < 4.78 is 12.5. The van der Waals surface area contributed by atoms with Crippen LogP contribution in [0.1, 0.15) is 17.9 Å². The van der Waals surface area contributed by atoms with Gasteiger partial charge >= 0.3 is 5.97 Å². The van der Waals surface area contributed by atoms with Crippen LogP contribution in [0.15, 0.2) is 65.3 Å². The van der Waals surface area contributed by atoms with E-state index in [9.17, 15) is 4.79 Å². The van der Waals surface area contributed by atoms with E-state index in [1.807, 2.05) is 72.3 Å². The maximum atomic E-state index is 12.1. The Labute approximate surface area is 156 Å². The van der Waals surface area contributed by atoms with Crippen molar-refractivity contribution in [3.63, 3.8) is 0 Å². The van der Waals surface area contributed by atoms with E-state index in [4.69, 9.17) is 9.26 Å². The molecular weight excluding hydrogens is 342 g/mol. The van der Waals surface area contributed by atoms with E-state index in [-0.39, 0.29) is 24.9 Å². The largest absolute Gasteiger partial charge is 0.456 e. The standard InChI is InChI=1S/C21H19N3O3/c1-15-6-2-4-8-17(15)21-22-19(27-23-21)14-26-20(25)11-13-24-12-10-16-7-3-5-9-18(16)24/h2-10,12H,11,13-14H2,1H3. The predicted octanol–water partition coefficient (Wildman–Crippen LogP) is 4.13. The van der Waals surface area contributed by atoms with Gasteiger partial charge in [-0.05, 0) is 30.0 Å². The number of para-hydroxylation sites is 1. The second kappa shape index (κ2) is 7.45. The van der Waals surface area contributed by atoms with Crippen molar-refractivity contribution in [1.82, 2.24) is 14.7 Å². The SMILES string of the molecule is Cc1ccccc1-c1noc(COC(=O)CCn2ccc3ccccc32)n1. The molecule has 0 unspecified atom stereocenters. The van der Waals surface area contributed by atoms with Crippen LogP contribution >= 0.6 is 0 Å². The summed E-state index contributed by atoms with van der Waals surface area (Å²) in [7, 11) is 0. The number of carbonyl (C=O) groups is 1. The summed E-state index contributed by atoms with van der Waals surface area (Å²) in [5, 5.41) is 5.12. The fourth-order valence-corrected chi connectivity index (χ4v) is 3.01. The maximum Gasteiger partial charge on any atom is 0.308 e. The van der Waals surface area contributed by atoms with Crippen molar-refractivity contribution < 1.29 is 14.1 Å². The number of hydrogen-bond donors (Lipinski definition) is 0. The summed E-state index contributed by atoms with van der Waals surface area (Å²) in [5.41, 5.74) is 3.06. The first-order valence-corrected chi connectivity index (χ1v) is 8.79. The molecule has 0 fully saturated rings. The molecule has 0 saturated carbocycles. The average Bonchev–Trinajstić information content (AvgIpc) is 3.32. The van der Waals surface area contributed by atoms with Crippen LogP contribution in [0, 0.1) is 6.92 Å². The smallest absolute Gasteiger partial charge is 0.308 e. The Morgan fingerprint density at radius 3 is 2.81 bits per heavy atom. The van der Waals surface area contributed by atoms with Gasteiger partial charge in [-0.2, -0.15) is 4.98 Å². The molecule has 136 valence electrons. The molecule has 0 aliphatic carbocycles. The van der Waals surface area contributed by atoms with Gasteiger partial charge in [0.2, 0.25) is 5.82 Å². The Morgan fingerprint density at radius 1 is 1.11 bits per heavy atom. The van der Waals surface area contributed by atoms with E-state index in [1.54, 1.807) is 0 Å². The highest BCUT2D eigenvalue weighted by Crippen LogP contribution is 2.20. The lowest BCUT2D eigenvalue weighted by atomic mass is 10.1. The first-order chi connectivity index (χ1) is 13.2. The van der Waals surface area contributed by atoms with Crippen molar-refractivity contribution in [3.8, 4) is 11.4 Å². The predicted molar refractivity (Wildman–Crippen MR) is 101 cm³/mol. The fraction of sp³-hybridized carbons (Fsp3) is 0.190. The lowest BCUT2D eigenvalue weighted by Crippen LogP contribution is -2.09. The van der Waals surface area contributed by atoms with E-state index >= 15 is 0 Å². The van der Waals surface area contributed by atoms with Crippen molar-refractivity contribution in [2.75, 3.05) is 0 Å². The zero-order chi connectivity index (χ0) is 18.6. The average molecular weight is 361 g/mol. The van der Waals surface area contributed by atoms with Crippen LogP contribution in [0.25, 0.3) is 22.3 Å². The molecule has 27 heavy (non-hydrogen) atoms. The molecule has 0 aliphatic heterocycles. The second-order valence-corrected chi connectivity index (χ2v) is 6.31. The molecule has 0 radical (unpaired) electrons. The summed E-state index contributed by atoms with van der Waals surface area (Å²) >= 11 is 0. The van der Waals surface area contributed by atoms with E-state index in [0.717, 1.165) is 22.0 Å². The second-order valence-electron chi connectivity index (χ2n) is 6.31. The number of nitrogens with zero attached hydrogens (tertiary/aromatic N) is 3. The van der Waals surface area contributed by atoms with Crippen LogP contribution in [0.4, 0.5) is 0 Å². The number of ether oxygens (including phenoxy) is 1. The van der Waals surface area contributed by atoms with Gasteiger partial charge in [-0.15, -0.1) is 0 Å². The molecule has 2 heterocycles. The van der Waals surface area contributed by atoms with E-state index in [2.05, 4.69) is 10.1 Å². The van der Waals surface area contributed by atoms with Crippen LogP contribution in [0.3, 0.4) is 0 Å². The van der Waals surface area contributed by atoms with Gasteiger partial charge in [0.1, 0.15) is 0 Å². The maximum absolute atomic E-state index is 12.1. The lowest BCUT2D eigenvalue weighted by molar-refractivity contribution is -0.146. The zero-order valence-electron chi connectivity index (χ0n) is 15.0. The van der Waals surface area contributed by atoms with Crippen molar-refractivity contribution in [1.29, 1.82) is 0 Å². The summed E-state index contributed by atoms with van der Waals surface area (Å²) in [6, 6.07) is 17.9. The molecule has 0 saturated heterocycles. The molecule has 0 amide bonds. The van der Waals surface area contributed by atoms with Crippen LogP contribution in [0.2, 0.25) is 0 Å². The molecule has 0 atom stereocenters. The highest BCUT2D eigenvalue weighted by molar-refractivity contribution is 5.80. The van der Waals surface area contributed by atoms with Crippen LogP contribution in [0.5, 0.6) is 0 Å². The molecule has 4 aromatic rings.